The lowest BCUT2D eigenvalue weighted by Crippen LogP contribution is -2.47. The monoisotopic (exact) mass is 786 g/mol. The van der Waals surface area contributed by atoms with Gasteiger partial charge in [0.1, 0.15) is 58.6 Å². The van der Waals surface area contributed by atoms with E-state index in [0.29, 0.717) is 56.0 Å². The number of unbranched alkanes of at least 4 members (excludes halogenated alkanes) is 1. The minimum atomic E-state index is -0.856. The Labute approximate surface area is 329 Å². The lowest BCUT2D eigenvalue weighted by molar-refractivity contribution is -0.148. The Hall–Kier alpha value is -4.70. The topological polar surface area (TPSA) is 179 Å². The van der Waals surface area contributed by atoms with Gasteiger partial charge in [0.15, 0.2) is 0 Å². The van der Waals surface area contributed by atoms with Crippen LogP contribution in [-0.4, -0.2) is 73.8 Å². The molecule has 4 N–H and O–H groups in total. The molecule has 0 aliphatic carbocycles. The molecule has 0 bridgehead atoms. The summed E-state index contributed by atoms with van der Waals surface area (Å²) in [5, 5.41) is 30.6. The van der Waals surface area contributed by atoms with Crippen molar-refractivity contribution in [1.82, 2.24) is 20.6 Å². The molecule has 0 saturated carbocycles. The number of hydrogen-bond acceptors (Lipinski definition) is 13. The van der Waals surface area contributed by atoms with Gasteiger partial charge < -0.3 is 30.7 Å². The predicted octanol–water partition coefficient (Wildman–Crippen LogP) is 6.31. The van der Waals surface area contributed by atoms with Crippen LogP contribution in [0.15, 0.2) is 58.9 Å². The standard InChI is InChI=1S/C39H43ClN8O4S2/c1-25(45-36(49)33(43)7-3-4-16-44-2)39(50)52-20-19-51-30-14-10-26(11-15-30)34-31(21-41)35(48-17-5-6-18-48)47-38(32(34)22-42)54-24-29-23-53-37(46-29)27-8-12-28(40)13-9-27/h8-15,23,25,33,44H,3-7,16-20,24,43H2,1-2H3,(H,45,49)/t25-,33-/m0/s1. The Bertz CT molecular complexity index is 1970. The van der Waals surface area contributed by atoms with Crippen LogP contribution in [0.2, 0.25) is 5.02 Å². The van der Waals surface area contributed by atoms with E-state index < -0.39 is 24.0 Å². The SMILES string of the molecule is CNCCCC[C@H](N)C(=O)N[C@@H](C)C(=O)OCCOc1ccc(-c2c(C#N)c(SCc3csc(-c4ccc(Cl)cc4)n3)nc(N3CCCC3)c2C#N)cc1. The normalized spacial score (nSPS) is 13.5. The Balaban J connectivity index is 1.24. The molecule has 1 aliphatic heterocycles. The van der Waals surface area contributed by atoms with Crippen LogP contribution in [0.3, 0.4) is 0 Å². The molecule has 2 atom stereocenters. The van der Waals surface area contributed by atoms with Crippen LogP contribution in [-0.2, 0) is 20.1 Å². The van der Waals surface area contributed by atoms with Crippen molar-refractivity contribution in [3.8, 4) is 39.6 Å². The molecule has 54 heavy (non-hydrogen) atoms. The summed E-state index contributed by atoms with van der Waals surface area (Å²) in [6, 6.07) is 17.8. The van der Waals surface area contributed by atoms with Crippen molar-refractivity contribution in [1.29, 1.82) is 10.5 Å². The highest BCUT2D eigenvalue weighted by Crippen LogP contribution is 2.40. The maximum atomic E-state index is 12.5. The van der Waals surface area contributed by atoms with E-state index in [-0.39, 0.29) is 13.2 Å². The average molecular weight is 787 g/mol. The first-order valence-corrected chi connectivity index (χ1v) is 20.0. The number of esters is 1. The third kappa shape index (κ3) is 10.7. The van der Waals surface area contributed by atoms with E-state index in [0.717, 1.165) is 61.6 Å². The van der Waals surface area contributed by atoms with E-state index in [1.54, 1.807) is 31.2 Å². The summed E-state index contributed by atoms with van der Waals surface area (Å²) < 4.78 is 11.1. The second-order valence-corrected chi connectivity index (χ2v) is 15.0. The zero-order valence-electron chi connectivity index (χ0n) is 30.3. The van der Waals surface area contributed by atoms with Crippen LogP contribution in [0.4, 0.5) is 5.82 Å². The number of nitrogens with two attached hydrogens (primary N) is 1. The maximum absolute atomic E-state index is 12.5. The number of carbonyl (C=O) groups is 2. The van der Waals surface area contributed by atoms with Crippen molar-refractivity contribution >= 4 is 52.4 Å². The molecule has 5 rings (SSSR count). The highest BCUT2D eigenvalue weighted by Gasteiger charge is 2.27. The van der Waals surface area contributed by atoms with Gasteiger partial charge in [-0.25, -0.2) is 14.8 Å². The number of amides is 1. The predicted molar refractivity (Wildman–Crippen MR) is 212 cm³/mol. The number of benzene rings is 2. The number of hydrogen-bond donors (Lipinski definition) is 3. The first-order chi connectivity index (χ1) is 26.2. The number of rotatable bonds is 18. The minimum Gasteiger partial charge on any atom is -0.490 e. The zero-order chi connectivity index (χ0) is 38.5. The van der Waals surface area contributed by atoms with Gasteiger partial charge >= 0.3 is 5.97 Å². The second-order valence-electron chi connectivity index (χ2n) is 12.7. The van der Waals surface area contributed by atoms with Gasteiger partial charge in [-0.15, -0.1) is 11.3 Å². The third-order valence-corrected chi connectivity index (χ3v) is 11.0. The number of halogens is 1. The third-order valence-electron chi connectivity index (χ3n) is 8.75. The summed E-state index contributed by atoms with van der Waals surface area (Å²) in [5.74, 6) is 0.598. The van der Waals surface area contributed by atoms with Crippen molar-refractivity contribution in [3.05, 3.63) is 75.8 Å². The number of thiazole rings is 1. The largest absolute Gasteiger partial charge is 0.490 e. The average Bonchev–Trinajstić information content (AvgIpc) is 3.90. The molecule has 0 spiro atoms. The Morgan fingerprint density at radius 1 is 1.02 bits per heavy atom. The van der Waals surface area contributed by atoms with E-state index in [1.807, 2.05) is 36.7 Å². The number of anilines is 1. The molecule has 1 saturated heterocycles. The zero-order valence-corrected chi connectivity index (χ0v) is 32.7. The number of nitriles is 2. The van der Waals surface area contributed by atoms with Gasteiger partial charge in [0.2, 0.25) is 5.91 Å². The van der Waals surface area contributed by atoms with E-state index >= 15 is 0 Å². The van der Waals surface area contributed by atoms with Crippen molar-refractivity contribution in [2.75, 3.05) is 44.8 Å². The molecule has 4 aromatic rings. The molecule has 1 amide bonds. The first kappa shape index (κ1) is 40.5. The van der Waals surface area contributed by atoms with Gasteiger partial charge in [0, 0.05) is 40.4 Å². The van der Waals surface area contributed by atoms with Gasteiger partial charge in [0.25, 0.3) is 0 Å². The summed E-state index contributed by atoms with van der Waals surface area (Å²) in [5.41, 5.74) is 9.68. The quantitative estimate of drug-likeness (QED) is 0.0583. The van der Waals surface area contributed by atoms with E-state index in [1.165, 1.54) is 23.1 Å². The lowest BCUT2D eigenvalue weighted by atomic mass is 9.96. The van der Waals surface area contributed by atoms with Crippen molar-refractivity contribution in [3.63, 3.8) is 0 Å². The number of nitrogens with one attached hydrogen (secondary N) is 2. The smallest absolute Gasteiger partial charge is 0.328 e. The van der Waals surface area contributed by atoms with Gasteiger partial charge in [-0.2, -0.15) is 10.5 Å². The van der Waals surface area contributed by atoms with E-state index in [2.05, 4.69) is 27.7 Å². The summed E-state index contributed by atoms with van der Waals surface area (Å²) in [6.07, 6.45) is 4.23. The number of thioether (sulfide) groups is 1. The molecule has 1 aliphatic rings. The van der Waals surface area contributed by atoms with Gasteiger partial charge in [-0.3, -0.25) is 4.79 Å². The molecule has 1 fully saturated rings. The summed E-state index contributed by atoms with van der Waals surface area (Å²) in [4.78, 5) is 36.7. The van der Waals surface area contributed by atoms with Crippen molar-refractivity contribution < 1.29 is 19.1 Å². The lowest BCUT2D eigenvalue weighted by Gasteiger charge is -2.22. The van der Waals surface area contributed by atoms with Gasteiger partial charge in [-0.05, 0) is 76.0 Å². The number of nitrogens with zero attached hydrogens (tertiary/aromatic N) is 5. The Morgan fingerprint density at radius 2 is 1.72 bits per heavy atom. The van der Waals surface area contributed by atoms with Crippen LogP contribution in [0.5, 0.6) is 5.75 Å². The second kappa shape index (κ2) is 20.1. The highest BCUT2D eigenvalue weighted by molar-refractivity contribution is 7.98. The number of carbonyl (C=O) groups excluding carboxylic acids is 2. The molecule has 3 heterocycles. The van der Waals surface area contributed by atoms with Gasteiger partial charge in [-0.1, -0.05) is 54.0 Å². The minimum absolute atomic E-state index is 0.0294. The maximum Gasteiger partial charge on any atom is 0.328 e. The van der Waals surface area contributed by atoms with E-state index in [9.17, 15) is 20.1 Å². The number of pyridine rings is 1. The molecule has 15 heteroatoms. The highest BCUT2D eigenvalue weighted by atomic mass is 35.5. The summed E-state index contributed by atoms with van der Waals surface area (Å²) in [6.45, 7) is 4.01. The molecule has 282 valence electrons. The first-order valence-electron chi connectivity index (χ1n) is 17.8. The van der Waals surface area contributed by atoms with Crippen molar-refractivity contribution in [2.45, 2.75) is 61.9 Å². The Kier molecular flexibility index (Phi) is 15.1. The molecule has 0 unspecified atom stereocenters. The molecule has 2 aromatic carbocycles. The molecule has 12 nitrogen and oxygen atoms in total. The van der Waals surface area contributed by atoms with Crippen LogP contribution in [0.25, 0.3) is 21.7 Å². The molecule has 2 aromatic heterocycles. The van der Waals surface area contributed by atoms with Crippen LogP contribution in [0, 0.1) is 22.7 Å². The molecular weight excluding hydrogens is 744 g/mol. The summed E-state index contributed by atoms with van der Waals surface area (Å²) in [7, 11) is 1.87. The van der Waals surface area contributed by atoms with Crippen LogP contribution in [0.1, 0.15) is 55.8 Å². The van der Waals surface area contributed by atoms with E-state index in [4.69, 9.17) is 36.8 Å². The Morgan fingerprint density at radius 3 is 2.41 bits per heavy atom. The fraction of sp³-hybridized carbons (Fsp3) is 0.385. The fourth-order valence-electron chi connectivity index (χ4n) is 5.87. The van der Waals surface area contributed by atoms with Gasteiger partial charge in [0.05, 0.1) is 17.3 Å². The fourth-order valence-corrected chi connectivity index (χ4v) is 7.81. The molecule has 0 radical (unpaired) electrons. The van der Waals surface area contributed by atoms with Crippen molar-refractivity contribution in [2.24, 2.45) is 5.73 Å². The summed E-state index contributed by atoms with van der Waals surface area (Å²) >= 11 is 9.02. The van der Waals surface area contributed by atoms with Crippen LogP contribution >= 0.6 is 34.7 Å². The number of aromatic nitrogens is 2. The van der Waals surface area contributed by atoms with Crippen LogP contribution < -0.4 is 26.0 Å². The number of ether oxygens (including phenoxy) is 2. The molecular formula is C39H43ClN8O4S2.